The van der Waals surface area contributed by atoms with Crippen LogP contribution in [0.25, 0.3) is 0 Å². The summed E-state index contributed by atoms with van der Waals surface area (Å²) in [4.78, 5) is 14.3. The Labute approximate surface area is 180 Å². The van der Waals surface area contributed by atoms with Gasteiger partial charge in [0.25, 0.3) is 0 Å². The van der Waals surface area contributed by atoms with Crippen molar-refractivity contribution in [3.63, 3.8) is 0 Å². The van der Waals surface area contributed by atoms with Gasteiger partial charge in [0.15, 0.2) is 23.1 Å². The molecule has 2 amide bonds. The van der Waals surface area contributed by atoms with Gasteiger partial charge in [0.05, 0.1) is 0 Å². The normalized spacial score (nSPS) is 17.7. The Morgan fingerprint density at radius 3 is 2.71 bits per heavy atom. The molecule has 2 aliphatic heterocycles. The third kappa shape index (κ3) is 4.84. The van der Waals surface area contributed by atoms with E-state index in [1.54, 1.807) is 6.07 Å². The smallest absolute Gasteiger partial charge is 0.314 e. The van der Waals surface area contributed by atoms with E-state index in [4.69, 9.17) is 9.47 Å². The van der Waals surface area contributed by atoms with Crippen molar-refractivity contribution in [3.8, 4) is 11.5 Å². The molecule has 0 spiro atoms. The van der Waals surface area contributed by atoms with Crippen molar-refractivity contribution in [3.05, 3.63) is 53.6 Å². The number of carbonyl (C=O) groups excluding carboxylic acids is 1. The van der Waals surface area contributed by atoms with Gasteiger partial charge in [0.1, 0.15) is 0 Å². The fourth-order valence-corrected chi connectivity index (χ4v) is 3.94. The van der Waals surface area contributed by atoms with Crippen molar-refractivity contribution < 1.29 is 23.0 Å². The van der Waals surface area contributed by atoms with Gasteiger partial charge in [0, 0.05) is 43.3 Å². The fraction of sp³-hybridized carbons (Fsp3) is 0.435. The number of ether oxygens (including phenoxy) is 2. The third-order valence-corrected chi connectivity index (χ3v) is 5.95. The number of rotatable bonds is 6. The Balaban J connectivity index is 1.23. The number of amides is 2. The maximum absolute atomic E-state index is 13.5. The molecular formula is C23H27F2N3O3. The Morgan fingerprint density at radius 1 is 1.10 bits per heavy atom. The third-order valence-electron chi connectivity index (χ3n) is 5.95. The molecule has 1 unspecified atom stereocenters. The molecule has 0 aromatic heterocycles. The molecule has 6 nitrogen and oxygen atoms in total. The zero-order valence-electron chi connectivity index (χ0n) is 17.7. The molecule has 0 radical (unpaired) electrons. The summed E-state index contributed by atoms with van der Waals surface area (Å²) < 4.78 is 37.4. The van der Waals surface area contributed by atoms with Crippen LogP contribution >= 0.6 is 0 Å². The lowest BCUT2D eigenvalue weighted by Gasteiger charge is -2.26. The predicted molar refractivity (Wildman–Crippen MR) is 114 cm³/mol. The Morgan fingerprint density at radius 2 is 1.90 bits per heavy atom. The number of halogens is 2. The van der Waals surface area contributed by atoms with E-state index in [9.17, 15) is 13.6 Å². The number of nitrogens with one attached hydrogen (secondary N) is 2. The zero-order chi connectivity index (χ0) is 22.0. The average molecular weight is 431 g/mol. The number of nitrogens with zero attached hydrogens (tertiary/aromatic N) is 1. The van der Waals surface area contributed by atoms with E-state index in [0.29, 0.717) is 25.3 Å². The van der Waals surface area contributed by atoms with E-state index in [1.165, 1.54) is 6.07 Å². The monoisotopic (exact) mass is 431 g/mol. The standard InChI is InChI=1S/C23H27F2N3O3/c1-23(2,16-3-6-20-21(9-16)31-14-30-20)13-27-22(29)26-11-15-7-8-28(12-15)17-4-5-18(24)19(25)10-17/h3-6,9-10,15H,7-8,11-14H2,1-2H3,(H2,26,27,29). The van der Waals surface area contributed by atoms with Gasteiger partial charge < -0.3 is 25.0 Å². The lowest BCUT2D eigenvalue weighted by molar-refractivity contribution is 0.174. The minimum Gasteiger partial charge on any atom is -0.454 e. The maximum Gasteiger partial charge on any atom is 0.314 e. The van der Waals surface area contributed by atoms with Crippen molar-refractivity contribution in [1.29, 1.82) is 0 Å². The minimum atomic E-state index is -0.846. The summed E-state index contributed by atoms with van der Waals surface area (Å²) in [5, 5.41) is 5.87. The second kappa shape index (κ2) is 8.61. The minimum absolute atomic E-state index is 0.222. The number of benzene rings is 2. The van der Waals surface area contributed by atoms with Crippen molar-refractivity contribution >= 4 is 11.7 Å². The van der Waals surface area contributed by atoms with Gasteiger partial charge in [-0.1, -0.05) is 19.9 Å². The topological polar surface area (TPSA) is 62.8 Å². The van der Waals surface area contributed by atoms with E-state index in [-0.39, 0.29) is 24.2 Å². The van der Waals surface area contributed by atoms with Crippen molar-refractivity contribution in [2.45, 2.75) is 25.7 Å². The van der Waals surface area contributed by atoms with E-state index in [1.807, 2.05) is 23.1 Å². The molecule has 2 heterocycles. The lowest BCUT2D eigenvalue weighted by atomic mass is 9.84. The van der Waals surface area contributed by atoms with Crippen LogP contribution in [0.15, 0.2) is 36.4 Å². The summed E-state index contributed by atoms with van der Waals surface area (Å²) in [5.74, 6) is 0.0202. The molecule has 2 aromatic carbocycles. The molecule has 1 saturated heterocycles. The summed E-state index contributed by atoms with van der Waals surface area (Å²) in [6.45, 7) is 6.77. The van der Waals surface area contributed by atoms with Gasteiger partial charge in [-0.05, 0) is 42.2 Å². The first-order chi connectivity index (χ1) is 14.8. The SMILES string of the molecule is CC(C)(CNC(=O)NCC1CCN(c2ccc(F)c(F)c2)C1)c1ccc2c(c1)OCO2. The highest BCUT2D eigenvalue weighted by atomic mass is 19.2. The first-order valence-corrected chi connectivity index (χ1v) is 10.4. The first-order valence-electron chi connectivity index (χ1n) is 10.4. The molecule has 2 N–H and O–H groups in total. The van der Waals surface area contributed by atoms with Gasteiger partial charge in [-0.3, -0.25) is 0 Å². The highest BCUT2D eigenvalue weighted by molar-refractivity contribution is 5.74. The predicted octanol–water partition coefficient (Wildman–Crippen LogP) is 3.80. The van der Waals surface area contributed by atoms with Crippen LogP contribution in [0.5, 0.6) is 11.5 Å². The number of urea groups is 1. The molecule has 4 rings (SSSR count). The molecule has 2 aromatic rings. The highest BCUT2D eigenvalue weighted by Gasteiger charge is 2.26. The summed E-state index contributed by atoms with van der Waals surface area (Å²) in [5.41, 5.74) is 1.43. The molecule has 0 bridgehead atoms. The maximum atomic E-state index is 13.5. The molecule has 0 saturated carbocycles. The molecule has 1 fully saturated rings. The molecule has 31 heavy (non-hydrogen) atoms. The van der Waals surface area contributed by atoms with Gasteiger partial charge in [-0.15, -0.1) is 0 Å². The lowest BCUT2D eigenvalue weighted by Crippen LogP contribution is -2.43. The summed E-state index contributed by atoms with van der Waals surface area (Å²) in [6, 6.07) is 9.55. The van der Waals surface area contributed by atoms with Crippen LogP contribution in [0, 0.1) is 17.6 Å². The van der Waals surface area contributed by atoms with Crippen molar-refractivity contribution in [2.75, 3.05) is 37.9 Å². The summed E-state index contributed by atoms with van der Waals surface area (Å²) in [6.07, 6.45) is 0.877. The van der Waals surface area contributed by atoms with Gasteiger partial charge in [-0.25, -0.2) is 13.6 Å². The van der Waals surface area contributed by atoms with Crippen LogP contribution < -0.4 is 25.0 Å². The average Bonchev–Trinajstić information content (AvgIpc) is 3.41. The van der Waals surface area contributed by atoms with Crippen molar-refractivity contribution in [2.24, 2.45) is 5.92 Å². The molecule has 8 heteroatoms. The Hall–Kier alpha value is -3.03. The number of hydrogen-bond acceptors (Lipinski definition) is 4. The van der Waals surface area contributed by atoms with E-state index >= 15 is 0 Å². The quantitative estimate of drug-likeness (QED) is 0.731. The van der Waals surface area contributed by atoms with E-state index in [0.717, 1.165) is 36.1 Å². The Bertz CT molecular complexity index is 967. The summed E-state index contributed by atoms with van der Waals surface area (Å²) >= 11 is 0. The summed E-state index contributed by atoms with van der Waals surface area (Å²) in [7, 11) is 0. The highest BCUT2D eigenvalue weighted by Crippen LogP contribution is 2.36. The van der Waals surface area contributed by atoms with Crippen LogP contribution in [-0.4, -0.2) is 39.0 Å². The second-order valence-corrected chi connectivity index (χ2v) is 8.71. The number of hydrogen-bond donors (Lipinski definition) is 2. The van der Waals surface area contributed by atoms with Crippen LogP contribution in [0.2, 0.25) is 0 Å². The number of carbonyl (C=O) groups is 1. The number of anilines is 1. The zero-order valence-corrected chi connectivity index (χ0v) is 17.7. The molecule has 0 aliphatic carbocycles. The van der Waals surface area contributed by atoms with Gasteiger partial charge >= 0.3 is 6.03 Å². The second-order valence-electron chi connectivity index (χ2n) is 8.71. The number of fused-ring (bicyclic) bond motifs is 1. The van der Waals surface area contributed by atoms with Gasteiger partial charge in [-0.2, -0.15) is 0 Å². The van der Waals surface area contributed by atoms with Gasteiger partial charge in [0.2, 0.25) is 6.79 Å². The molecule has 166 valence electrons. The molecule has 2 aliphatic rings. The van der Waals surface area contributed by atoms with Crippen LogP contribution in [0.3, 0.4) is 0 Å². The Kier molecular flexibility index (Phi) is 5.89. The fourth-order valence-electron chi connectivity index (χ4n) is 3.94. The first kappa shape index (κ1) is 21.2. The van der Waals surface area contributed by atoms with E-state index in [2.05, 4.69) is 24.5 Å². The van der Waals surface area contributed by atoms with Crippen molar-refractivity contribution in [1.82, 2.24) is 10.6 Å². The largest absolute Gasteiger partial charge is 0.454 e. The van der Waals surface area contributed by atoms with E-state index < -0.39 is 11.6 Å². The van der Waals surface area contributed by atoms with Crippen LogP contribution in [0.4, 0.5) is 19.3 Å². The molecular weight excluding hydrogens is 404 g/mol. The van der Waals surface area contributed by atoms with Crippen LogP contribution in [-0.2, 0) is 5.41 Å². The molecule has 1 atom stereocenters. The van der Waals surface area contributed by atoms with Crippen LogP contribution in [0.1, 0.15) is 25.8 Å².